The molecule has 0 N–H and O–H groups in total. The third-order valence-electron chi connectivity index (χ3n) is 5.20. The molecule has 1 unspecified atom stereocenters. The number of carbonyl (C=O) groups excluding carboxylic acids is 1. The minimum Gasteiger partial charge on any atom is -0.490 e. The van der Waals surface area contributed by atoms with Gasteiger partial charge in [-0.2, -0.15) is 0 Å². The fraction of sp³-hybridized carbons (Fsp3) is 0.348. The quantitative estimate of drug-likeness (QED) is 0.577. The largest absolute Gasteiger partial charge is 0.490 e. The van der Waals surface area contributed by atoms with Crippen LogP contribution in [0.1, 0.15) is 18.1 Å². The molecule has 0 aliphatic carbocycles. The summed E-state index contributed by atoms with van der Waals surface area (Å²) >= 11 is 0. The van der Waals surface area contributed by atoms with Gasteiger partial charge in [0.05, 0.1) is 19.3 Å². The van der Waals surface area contributed by atoms with Crippen molar-refractivity contribution in [3.8, 4) is 5.75 Å². The monoisotopic (exact) mass is 395 g/mol. The molecule has 0 radical (unpaired) electrons. The first-order valence-corrected chi connectivity index (χ1v) is 9.83. The standard InChI is InChI=1S/C23H25NO5/c1-4-27-21(23(25)26-3)14-16-9-10-19-17(13-16)15(2)22(29-19)24-11-12-28-20-8-6-5-7-18(20)24/h5-10,13,21H,4,11-12,14H2,1-3H3. The fourth-order valence-corrected chi connectivity index (χ4v) is 3.78. The maximum Gasteiger partial charge on any atom is 0.335 e. The number of ether oxygens (including phenoxy) is 3. The smallest absolute Gasteiger partial charge is 0.335 e. The Kier molecular flexibility index (Phi) is 5.45. The number of benzene rings is 2. The van der Waals surface area contributed by atoms with Crippen LogP contribution in [0.2, 0.25) is 0 Å². The molecule has 0 fully saturated rings. The van der Waals surface area contributed by atoms with Crippen LogP contribution in [0, 0.1) is 6.92 Å². The van der Waals surface area contributed by atoms with E-state index >= 15 is 0 Å². The zero-order valence-corrected chi connectivity index (χ0v) is 16.9. The highest BCUT2D eigenvalue weighted by molar-refractivity contribution is 5.88. The van der Waals surface area contributed by atoms with Crippen molar-refractivity contribution in [1.82, 2.24) is 0 Å². The van der Waals surface area contributed by atoms with Crippen LogP contribution >= 0.6 is 0 Å². The number of furan rings is 1. The molecule has 0 saturated heterocycles. The van der Waals surface area contributed by atoms with Gasteiger partial charge in [-0.25, -0.2) is 4.79 Å². The number of rotatable bonds is 6. The molecule has 152 valence electrons. The van der Waals surface area contributed by atoms with Crippen LogP contribution in [0.5, 0.6) is 5.75 Å². The van der Waals surface area contributed by atoms with E-state index in [0.29, 0.717) is 19.6 Å². The maximum absolute atomic E-state index is 12.0. The summed E-state index contributed by atoms with van der Waals surface area (Å²) in [5.74, 6) is 1.32. The van der Waals surface area contributed by atoms with Crippen molar-refractivity contribution < 1.29 is 23.4 Å². The third-order valence-corrected chi connectivity index (χ3v) is 5.20. The van der Waals surface area contributed by atoms with Gasteiger partial charge in [0, 0.05) is 24.0 Å². The Morgan fingerprint density at radius 1 is 1.24 bits per heavy atom. The van der Waals surface area contributed by atoms with Gasteiger partial charge < -0.3 is 23.5 Å². The Morgan fingerprint density at radius 2 is 2.07 bits per heavy atom. The minimum atomic E-state index is -0.611. The Balaban J connectivity index is 1.68. The summed E-state index contributed by atoms with van der Waals surface area (Å²) in [6.45, 7) is 5.70. The van der Waals surface area contributed by atoms with Gasteiger partial charge in [0.15, 0.2) is 6.10 Å². The van der Waals surface area contributed by atoms with E-state index in [9.17, 15) is 4.79 Å². The zero-order valence-electron chi connectivity index (χ0n) is 16.9. The van der Waals surface area contributed by atoms with Crippen LogP contribution in [0.4, 0.5) is 11.6 Å². The number of methoxy groups -OCH3 is 1. The summed E-state index contributed by atoms with van der Waals surface area (Å²) in [5.41, 5.74) is 3.88. The Hall–Kier alpha value is -2.99. The molecule has 4 rings (SSSR count). The number of carbonyl (C=O) groups is 1. The molecular formula is C23H25NO5. The van der Waals surface area contributed by atoms with Crippen LogP contribution in [-0.4, -0.2) is 38.9 Å². The highest BCUT2D eigenvalue weighted by atomic mass is 16.6. The van der Waals surface area contributed by atoms with Gasteiger partial charge in [-0.3, -0.25) is 0 Å². The topological polar surface area (TPSA) is 61.1 Å². The third kappa shape index (κ3) is 3.68. The summed E-state index contributed by atoms with van der Waals surface area (Å²) in [4.78, 5) is 14.1. The van der Waals surface area contributed by atoms with E-state index in [1.807, 2.05) is 43.3 Å². The molecule has 3 aromatic rings. The van der Waals surface area contributed by atoms with Crippen molar-refractivity contribution >= 4 is 28.5 Å². The molecule has 0 spiro atoms. The van der Waals surface area contributed by atoms with Crippen molar-refractivity contribution in [2.24, 2.45) is 0 Å². The van der Waals surface area contributed by atoms with Crippen molar-refractivity contribution in [2.75, 3.05) is 31.8 Å². The first kappa shape index (κ1) is 19.3. The lowest BCUT2D eigenvalue weighted by molar-refractivity contribution is -0.153. The molecule has 0 amide bonds. The molecule has 0 bridgehead atoms. The molecule has 0 saturated carbocycles. The lowest BCUT2D eigenvalue weighted by Gasteiger charge is -2.29. The van der Waals surface area contributed by atoms with E-state index in [-0.39, 0.29) is 5.97 Å². The van der Waals surface area contributed by atoms with Gasteiger partial charge in [0.2, 0.25) is 5.88 Å². The number of hydrogen-bond donors (Lipinski definition) is 0. The Bertz CT molecular complexity index is 1030. The predicted octanol–water partition coefficient (Wildman–Crippen LogP) is 4.39. The van der Waals surface area contributed by atoms with Gasteiger partial charge in [-0.15, -0.1) is 0 Å². The zero-order chi connectivity index (χ0) is 20.4. The van der Waals surface area contributed by atoms with E-state index in [2.05, 4.69) is 17.9 Å². The molecule has 1 aromatic heterocycles. The van der Waals surface area contributed by atoms with E-state index in [4.69, 9.17) is 18.6 Å². The second-order valence-corrected chi connectivity index (χ2v) is 7.00. The summed E-state index contributed by atoms with van der Waals surface area (Å²) < 4.78 is 22.4. The van der Waals surface area contributed by atoms with E-state index < -0.39 is 6.10 Å². The number of aryl methyl sites for hydroxylation is 1. The second kappa shape index (κ2) is 8.17. The molecule has 1 aliphatic rings. The van der Waals surface area contributed by atoms with Crippen molar-refractivity contribution in [3.63, 3.8) is 0 Å². The number of esters is 1. The van der Waals surface area contributed by atoms with Crippen LogP contribution < -0.4 is 9.64 Å². The van der Waals surface area contributed by atoms with Crippen LogP contribution in [0.25, 0.3) is 11.0 Å². The highest BCUT2D eigenvalue weighted by Crippen LogP contribution is 2.41. The second-order valence-electron chi connectivity index (χ2n) is 7.00. The number of anilines is 2. The van der Waals surface area contributed by atoms with Crippen LogP contribution in [0.15, 0.2) is 46.9 Å². The summed E-state index contributed by atoms with van der Waals surface area (Å²) in [7, 11) is 1.38. The number of hydrogen-bond acceptors (Lipinski definition) is 6. The van der Waals surface area contributed by atoms with E-state index in [1.54, 1.807) is 0 Å². The molecule has 1 atom stereocenters. The van der Waals surface area contributed by atoms with Gasteiger partial charge in [0.1, 0.15) is 17.9 Å². The predicted molar refractivity (Wildman–Crippen MR) is 111 cm³/mol. The molecule has 6 nitrogen and oxygen atoms in total. The van der Waals surface area contributed by atoms with Crippen molar-refractivity contribution in [3.05, 3.63) is 53.6 Å². The minimum absolute atomic E-state index is 0.360. The van der Waals surface area contributed by atoms with Gasteiger partial charge in [-0.1, -0.05) is 18.2 Å². The van der Waals surface area contributed by atoms with Crippen molar-refractivity contribution in [2.45, 2.75) is 26.4 Å². The summed E-state index contributed by atoms with van der Waals surface area (Å²) in [6, 6.07) is 14.0. The SMILES string of the molecule is CCOC(Cc1ccc2oc(N3CCOc4ccccc43)c(C)c2c1)C(=O)OC. The summed E-state index contributed by atoms with van der Waals surface area (Å²) in [6.07, 6.45) is -0.156. The average molecular weight is 395 g/mol. The van der Waals surface area contributed by atoms with Gasteiger partial charge >= 0.3 is 5.97 Å². The lowest BCUT2D eigenvalue weighted by atomic mass is 10.0. The Morgan fingerprint density at radius 3 is 2.86 bits per heavy atom. The Labute approximate surface area is 170 Å². The van der Waals surface area contributed by atoms with Crippen LogP contribution in [0.3, 0.4) is 0 Å². The summed E-state index contributed by atoms with van der Waals surface area (Å²) in [5, 5.41) is 1.03. The van der Waals surface area contributed by atoms with E-state index in [0.717, 1.165) is 46.0 Å². The van der Waals surface area contributed by atoms with Gasteiger partial charge in [0.25, 0.3) is 0 Å². The molecule has 2 heterocycles. The first-order chi connectivity index (χ1) is 14.1. The molecular weight excluding hydrogens is 370 g/mol. The van der Waals surface area contributed by atoms with Gasteiger partial charge in [-0.05, 0) is 43.7 Å². The molecule has 1 aliphatic heterocycles. The number of nitrogens with zero attached hydrogens (tertiary/aromatic N) is 1. The lowest BCUT2D eigenvalue weighted by Crippen LogP contribution is -2.28. The average Bonchev–Trinajstić information content (AvgIpc) is 3.08. The normalized spacial score (nSPS) is 14.4. The first-order valence-electron chi connectivity index (χ1n) is 9.83. The number of para-hydroxylation sites is 2. The highest BCUT2D eigenvalue weighted by Gasteiger charge is 2.25. The molecule has 6 heteroatoms. The number of fused-ring (bicyclic) bond motifs is 2. The van der Waals surface area contributed by atoms with Crippen LogP contribution in [-0.2, 0) is 20.7 Å². The fourth-order valence-electron chi connectivity index (χ4n) is 3.78. The van der Waals surface area contributed by atoms with Crippen molar-refractivity contribution in [1.29, 1.82) is 0 Å². The maximum atomic E-state index is 12.0. The molecule has 29 heavy (non-hydrogen) atoms. The van der Waals surface area contributed by atoms with E-state index in [1.165, 1.54) is 7.11 Å². The molecule has 2 aromatic carbocycles.